The van der Waals surface area contributed by atoms with E-state index in [0.717, 1.165) is 15.2 Å². The predicted molar refractivity (Wildman–Crippen MR) is 102 cm³/mol. The number of allylic oxidation sites excluding steroid dienone is 1. The van der Waals surface area contributed by atoms with Gasteiger partial charge in [-0.25, -0.2) is 4.98 Å². The molecule has 3 rings (SSSR count). The fourth-order valence-corrected chi connectivity index (χ4v) is 4.47. The number of benzene rings is 1. The summed E-state index contributed by atoms with van der Waals surface area (Å²) in [6.45, 7) is 7.47. The van der Waals surface area contributed by atoms with Gasteiger partial charge in [-0.05, 0) is 44.5 Å². The largest absolute Gasteiger partial charge is 0.333 e. The molecule has 1 aromatic heterocycles. The van der Waals surface area contributed by atoms with Crippen LogP contribution in [0, 0.1) is 23.7 Å². The minimum Gasteiger partial charge on any atom is -0.333 e. The third kappa shape index (κ3) is 2.93. The molecule has 1 heterocycles. The molecular formula is C20H21N3O2S. The Morgan fingerprint density at radius 2 is 2.04 bits per heavy atom. The number of aryl methyl sites for hydroxylation is 1. The highest BCUT2D eigenvalue weighted by Gasteiger charge is 2.45. The van der Waals surface area contributed by atoms with E-state index in [9.17, 15) is 14.9 Å². The second kappa shape index (κ2) is 6.03. The number of Topliss-reactive ketones (excluding diaryl/α,β-unsaturated/α-hetero) is 1. The summed E-state index contributed by atoms with van der Waals surface area (Å²) in [6.07, 6.45) is 2.09. The lowest BCUT2D eigenvalue weighted by Gasteiger charge is -2.44. The van der Waals surface area contributed by atoms with Crippen LogP contribution in [0.1, 0.15) is 42.6 Å². The molecule has 0 N–H and O–H groups in total. The van der Waals surface area contributed by atoms with E-state index in [1.165, 1.54) is 0 Å². The maximum absolute atomic E-state index is 13.1. The molecule has 0 saturated heterocycles. The third-order valence-electron chi connectivity index (χ3n) is 5.05. The number of hydrogen-bond acceptors (Lipinski definition) is 5. The number of nitrogens with zero attached hydrogens (tertiary/aromatic N) is 3. The quantitative estimate of drug-likeness (QED) is 0.807. The Kier molecular flexibility index (Phi) is 4.24. The first-order valence-corrected chi connectivity index (χ1v) is 9.22. The number of rotatable bonds is 2. The molecule has 6 heteroatoms. The fraction of sp³-hybridized carbons (Fsp3) is 0.400. The highest BCUT2D eigenvalue weighted by Crippen LogP contribution is 2.40. The van der Waals surface area contributed by atoms with E-state index in [2.05, 4.69) is 4.98 Å². The first kappa shape index (κ1) is 18.3. The second-order valence-corrected chi connectivity index (χ2v) is 8.93. The molecule has 1 aromatic carbocycles. The Morgan fingerprint density at radius 1 is 1.35 bits per heavy atom. The first-order chi connectivity index (χ1) is 12.1. The van der Waals surface area contributed by atoms with E-state index in [0.29, 0.717) is 12.0 Å². The summed E-state index contributed by atoms with van der Waals surface area (Å²) in [4.78, 5) is 31.5. The van der Waals surface area contributed by atoms with Crippen LogP contribution in [-0.2, 0) is 4.79 Å². The number of hydrogen-bond donors (Lipinski definition) is 0. The van der Waals surface area contributed by atoms with Crippen molar-refractivity contribution in [1.82, 2.24) is 9.88 Å². The van der Waals surface area contributed by atoms with Crippen LogP contribution in [0.3, 0.4) is 0 Å². The van der Waals surface area contributed by atoms with Crippen molar-refractivity contribution in [3.8, 4) is 6.07 Å². The topological polar surface area (TPSA) is 74.1 Å². The van der Waals surface area contributed by atoms with Gasteiger partial charge in [0.15, 0.2) is 5.78 Å². The van der Waals surface area contributed by atoms with Crippen molar-refractivity contribution in [2.45, 2.75) is 39.7 Å². The van der Waals surface area contributed by atoms with Gasteiger partial charge in [0.25, 0.3) is 5.91 Å². The van der Waals surface area contributed by atoms with Gasteiger partial charge in [-0.1, -0.05) is 13.8 Å². The Labute approximate surface area is 156 Å². The van der Waals surface area contributed by atoms with E-state index in [1.807, 2.05) is 39.8 Å². The molecule has 5 nitrogen and oxygen atoms in total. The third-order valence-corrected chi connectivity index (χ3v) is 6.00. The van der Waals surface area contributed by atoms with E-state index in [1.54, 1.807) is 41.5 Å². The summed E-state index contributed by atoms with van der Waals surface area (Å²) < 4.78 is 1.05. The molecule has 1 unspecified atom stereocenters. The van der Waals surface area contributed by atoms with Crippen LogP contribution >= 0.6 is 11.3 Å². The molecule has 0 spiro atoms. The molecule has 26 heavy (non-hydrogen) atoms. The minimum atomic E-state index is -0.716. The molecule has 134 valence electrons. The standard InChI is InChI=1S/C20H21N3O2S/c1-12-22-15-8-13(6-7-16(15)26-12)18(25)23(5)20(4)9-14(10-21)17(24)19(2,3)11-20/h6-9H,11H2,1-5H3. The molecule has 1 aliphatic carbocycles. The summed E-state index contributed by atoms with van der Waals surface area (Å²) in [5, 5.41) is 10.3. The number of ketones is 1. The summed E-state index contributed by atoms with van der Waals surface area (Å²) in [7, 11) is 1.72. The number of carbonyl (C=O) groups is 2. The van der Waals surface area contributed by atoms with Gasteiger partial charge in [0.1, 0.15) is 6.07 Å². The summed E-state index contributed by atoms with van der Waals surface area (Å²) in [5.74, 6) is -0.323. The van der Waals surface area contributed by atoms with E-state index in [-0.39, 0.29) is 17.3 Å². The number of carbonyl (C=O) groups excluding carboxylic acids is 2. The van der Waals surface area contributed by atoms with Crippen LogP contribution in [0.2, 0.25) is 0 Å². The van der Waals surface area contributed by atoms with Gasteiger partial charge in [0.2, 0.25) is 0 Å². The number of nitriles is 1. The summed E-state index contributed by atoms with van der Waals surface area (Å²) in [5.41, 5.74) is 0.0671. The maximum Gasteiger partial charge on any atom is 0.254 e. The number of fused-ring (bicyclic) bond motifs is 1. The lowest BCUT2D eigenvalue weighted by Crippen LogP contribution is -2.52. The highest BCUT2D eigenvalue weighted by molar-refractivity contribution is 7.18. The lowest BCUT2D eigenvalue weighted by molar-refractivity contribution is -0.125. The number of amides is 1. The van der Waals surface area contributed by atoms with Crippen molar-refractivity contribution in [2.75, 3.05) is 7.05 Å². The van der Waals surface area contributed by atoms with Gasteiger partial charge < -0.3 is 4.90 Å². The van der Waals surface area contributed by atoms with Crippen molar-refractivity contribution in [3.63, 3.8) is 0 Å². The van der Waals surface area contributed by atoms with Crippen molar-refractivity contribution >= 4 is 33.2 Å². The van der Waals surface area contributed by atoms with Crippen LogP contribution in [0.4, 0.5) is 0 Å². The summed E-state index contributed by atoms with van der Waals surface area (Å²) in [6, 6.07) is 7.50. The van der Waals surface area contributed by atoms with E-state index < -0.39 is 11.0 Å². The normalized spacial score (nSPS) is 22.0. The van der Waals surface area contributed by atoms with Gasteiger partial charge in [-0.3, -0.25) is 9.59 Å². The fourth-order valence-electron chi connectivity index (χ4n) is 3.67. The zero-order valence-electron chi connectivity index (χ0n) is 15.6. The van der Waals surface area contributed by atoms with Crippen LogP contribution in [0.5, 0.6) is 0 Å². The zero-order chi connectivity index (χ0) is 19.3. The SMILES string of the molecule is Cc1nc2cc(C(=O)N(C)C3(C)C=C(C#N)C(=O)C(C)(C)C3)ccc2s1. The molecular weight excluding hydrogens is 346 g/mol. The molecule has 0 bridgehead atoms. The Balaban J connectivity index is 1.99. The maximum atomic E-state index is 13.1. The van der Waals surface area contributed by atoms with Crippen LogP contribution in [-0.4, -0.2) is 34.2 Å². The van der Waals surface area contributed by atoms with Crippen molar-refractivity contribution in [3.05, 3.63) is 40.4 Å². The monoisotopic (exact) mass is 367 g/mol. The molecule has 2 aromatic rings. The number of aromatic nitrogens is 1. The zero-order valence-corrected chi connectivity index (χ0v) is 16.4. The first-order valence-electron chi connectivity index (χ1n) is 8.40. The molecule has 0 saturated carbocycles. The van der Waals surface area contributed by atoms with Gasteiger partial charge in [0.05, 0.1) is 26.3 Å². The molecule has 1 atom stereocenters. The average molecular weight is 367 g/mol. The van der Waals surface area contributed by atoms with Crippen LogP contribution in [0.15, 0.2) is 29.8 Å². The highest BCUT2D eigenvalue weighted by atomic mass is 32.1. The molecule has 0 fully saturated rings. The Hall–Kier alpha value is -2.52. The van der Waals surface area contributed by atoms with Gasteiger partial charge in [-0.15, -0.1) is 11.3 Å². The van der Waals surface area contributed by atoms with E-state index in [4.69, 9.17) is 0 Å². The van der Waals surface area contributed by atoms with E-state index >= 15 is 0 Å². The molecule has 0 aliphatic heterocycles. The second-order valence-electron chi connectivity index (χ2n) is 7.70. The molecule has 1 aliphatic rings. The molecule has 0 radical (unpaired) electrons. The Morgan fingerprint density at radius 3 is 2.69 bits per heavy atom. The number of likely N-dealkylation sites (N-methyl/N-ethyl adjacent to an activating group) is 1. The lowest BCUT2D eigenvalue weighted by atomic mass is 9.68. The van der Waals surface area contributed by atoms with Crippen molar-refractivity contribution < 1.29 is 9.59 Å². The van der Waals surface area contributed by atoms with Crippen LogP contribution < -0.4 is 0 Å². The molecule has 1 amide bonds. The van der Waals surface area contributed by atoms with Crippen molar-refractivity contribution in [1.29, 1.82) is 5.26 Å². The van der Waals surface area contributed by atoms with Crippen LogP contribution in [0.25, 0.3) is 10.2 Å². The van der Waals surface area contributed by atoms with Gasteiger partial charge in [0, 0.05) is 18.0 Å². The average Bonchev–Trinajstić information content (AvgIpc) is 2.95. The van der Waals surface area contributed by atoms with Gasteiger partial charge in [-0.2, -0.15) is 5.26 Å². The van der Waals surface area contributed by atoms with Gasteiger partial charge >= 0.3 is 0 Å². The van der Waals surface area contributed by atoms with Crippen molar-refractivity contribution in [2.24, 2.45) is 5.41 Å². The predicted octanol–water partition coefficient (Wildman–Crippen LogP) is 3.88. The minimum absolute atomic E-state index is 0.119. The summed E-state index contributed by atoms with van der Waals surface area (Å²) >= 11 is 1.59. The smallest absolute Gasteiger partial charge is 0.254 e. The Bertz CT molecular complexity index is 996. The number of thiazole rings is 1.